The highest BCUT2D eigenvalue weighted by atomic mass is 35.5. The largest absolute Gasteiger partial charge is 0.507 e. The fourth-order valence-corrected chi connectivity index (χ4v) is 1.71. The summed E-state index contributed by atoms with van der Waals surface area (Å²) in [6, 6.07) is 11.2. The second kappa shape index (κ2) is 6.76. The minimum absolute atomic E-state index is 0.0128. The van der Waals surface area contributed by atoms with Crippen LogP contribution in [0.4, 0.5) is 0 Å². The van der Waals surface area contributed by atoms with Crippen LogP contribution in [0.3, 0.4) is 0 Å². The van der Waals surface area contributed by atoms with E-state index in [1.54, 1.807) is 36.4 Å². The second-order valence-electron chi connectivity index (χ2n) is 4.13. The molecule has 0 saturated heterocycles. The van der Waals surface area contributed by atoms with Gasteiger partial charge in [-0.3, -0.25) is 4.79 Å². The van der Waals surface area contributed by atoms with Gasteiger partial charge in [-0.05, 0) is 36.4 Å². The maximum absolute atomic E-state index is 11.8. The third-order valence-corrected chi connectivity index (χ3v) is 2.97. The Morgan fingerprint density at radius 2 is 2.00 bits per heavy atom. The van der Waals surface area contributed by atoms with Gasteiger partial charge >= 0.3 is 0 Å². The van der Waals surface area contributed by atoms with Crippen molar-refractivity contribution in [2.45, 2.75) is 0 Å². The van der Waals surface area contributed by atoms with Crippen molar-refractivity contribution in [3.05, 3.63) is 58.6 Å². The highest BCUT2D eigenvalue weighted by Gasteiger charge is 2.04. The number of nitrogens with one attached hydrogen (secondary N) is 1. The summed E-state index contributed by atoms with van der Waals surface area (Å²) < 4.78 is 4.98. The quantitative estimate of drug-likeness (QED) is 0.674. The van der Waals surface area contributed by atoms with Crippen LogP contribution in [0.15, 0.2) is 47.6 Å². The third kappa shape index (κ3) is 3.97. The lowest BCUT2D eigenvalue weighted by molar-refractivity contribution is 0.0955. The summed E-state index contributed by atoms with van der Waals surface area (Å²) in [5.74, 6) is 0.185. The number of halogens is 1. The van der Waals surface area contributed by atoms with E-state index in [1.165, 1.54) is 19.4 Å². The first-order chi connectivity index (χ1) is 10.1. The zero-order chi connectivity index (χ0) is 15.2. The minimum atomic E-state index is -0.365. The number of amides is 1. The van der Waals surface area contributed by atoms with E-state index in [-0.39, 0.29) is 11.7 Å². The molecule has 0 aromatic heterocycles. The highest BCUT2D eigenvalue weighted by molar-refractivity contribution is 6.30. The van der Waals surface area contributed by atoms with Gasteiger partial charge in [0, 0.05) is 22.2 Å². The number of phenols is 1. The zero-order valence-corrected chi connectivity index (χ0v) is 12.0. The number of rotatable bonds is 4. The van der Waals surface area contributed by atoms with Gasteiger partial charge in [-0.25, -0.2) is 5.43 Å². The highest BCUT2D eigenvalue weighted by Crippen LogP contribution is 2.21. The van der Waals surface area contributed by atoms with Gasteiger partial charge in [0.2, 0.25) is 0 Å². The van der Waals surface area contributed by atoms with Gasteiger partial charge in [-0.15, -0.1) is 0 Å². The average molecular weight is 305 g/mol. The predicted octanol–water partition coefficient (Wildman–Crippen LogP) is 2.82. The summed E-state index contributed by atoms with van der Waals surface area (Å²) in [5.41, 5.74) is 3.27. The third-order valence-electron chi connectivity index (χ3n) is 2.71. The summed E-state index contributed by atoms with van der Waals surface area (Å²) in [6.45, 7) is 0. The first-order valence-electron chi connectivity index (χ1n) is 6.06. The lowest BCUT2D eigenvalue weighted by atomic mass is 10.2. The molecule has 0 atom stereocenters. The zero-order valence-electron chi connectivity index (χ0n) is 11.2. The lowest BCUT2D eigenvalue weighted by Crippen LogP contribution is -2.17. The van der Waals surface area contributed by atoms with E-state index in [4.69, 9.17) is 16.3 Å². The number of hydrazone groups is 1. The van der Waals surface area contributed by atoms with Crippen molar-refractivity contribution >= 4 is 23.7 Å². The van der Waals surface area contributed by atoms with E-state index in [0.717, 1.165) is 0 Å². The maximum Gasteiger partial charge on any atom is 0.271 e. The van der Waals surface area contributed by atoms with Gasteiger partial charge < -0.3 is 9.84 Å². The van der Waals surface area contributed by atoms with Crippen molar-refractivity contribution in [2.24, 2.45) is 5.10 Å². The summed E-state index contributed by atoms with van der Waals surface area (Å²) >= 11 is 5.74. The Hall–Kier alpha value is -2.53. The Kier molecular flexibility index (Phi) is 4.79. The molecule has 5 nitrogen and oxygen atoms in total. The van der Waals surface area contributed by atoms with E-state index in [2.05, 4.69) is 10.5 Å². The monoisotopic (exact) mass is 304 g/mol. The van der Waals surface area contributed by atoms with Crippen LogP contribution in [-0.4, -0.2) is 24.3 Å². The standard InChI is InChI=1S/C15H13ClN2O3/c1-21-13-7-4-11(14(19)8-13)9-17-18-15(20)10-2-5-12(16)6-3-10/h2-9,19H,1H3,(H,18,20)/b17-9+. The molecule has 1 amide bonds. The number of benzene rings is 2. The first kappa shape index (κ1) is 14.9. The number of nitrogens with zero attached hydrogens (tertiary/aromatic N) is 1. The van der Waals surface area contributed by atoms with Crippen LogP contribution in [0, 0.1) is 0 Å². The normalized spacial score (nSPS) is 10.6. The molecule has 2 aromatic carbocycles. The van der Waals surface area contributed by atoms with E-state index in [0.29, 0.717) is 21.9 Å². The molecule has 0 radical (unpaired) electrons. The molecular formula is C15H13ClN2O3. The molecule has 6 heteroatoms. The van der Waals surface area contributed by atoms with Gasteiger partial charge in [0.15, 0.2) is 0 Å². The van der Waals surface area contributed by atoms with Crippen LogP contribution in [0.5, 0.6) is 11.5 Å². The van der Waals surface area contributed by atoms with E-state index >= 15 is 0 Å². The molecule has 21 heavy (non-hydrogen) atoms. The van der Waals surface area contributed by atoms with Gasteiger partial charge in [0.1, 0.15) is 11.5 Å². The molecule has 2 N–H and O–H groups in total. The molecule has 0 bridgehead atoms. The number of carbonyl (C=O) groups is 1. The van der Waals surface area contributed by atoms with Crippen LogP contribution in [0.25, 0.3) is 0 Å². The second-order valence-corrected chi connectivity index (χ2v) is 4.57. The molecule has 0 aliphatic carbocycles. The fourth-order valence-electron chi connectivity index (χ4n) is 1.59. The number of hydrogen-bond donors (Lipinski definition) is 2. The van der Waals surface area contributed by atoms with E-state index < -0.39 is 0 Å². The molecule has 0 fully saturated rings. The molecule has 108 valence electrons. The van der Waals surface area contributed by atoms with Crippen molar-refractivity contribution in [1.82, 2.24) is 5.43 Å². The molecule has 0 unspecified atom stereocenters. The number of carbonyl (C=O) groups excluding carboxylic acids is 1. The Labute approximate surface area is 126 Å². The minimum Gasteiger partial charge on any atom is -0.507 e. The number of methoxy groups -OCH3 is 1. The van der Waals surface area contributed by atoms with Crippen LogP contribution >= 0.6 is 11.6 Å². The van der Waals surface area contributed by atoms with Gasteiger partial charge in [0.05, 0.1) is 13.3 Å². The summed E-state index contributed by atoms with van der Waals surface area (Å²) in [5, 5.41) is 14.1. The molecule has 0 heterocycles. The molecule has 2 aromatic rings. The van der Waals surface area contributed by atoms with Crippen molar-refractivity contribution in [3.8, 4) is 11.5 Å². The molecule has 0 spiro atoms. The van der Waals surface area contributed by atoms with Crippen molar-refractivity contribution in [2.75, 3.05) is 7.11 Å². The maximum atomic E-state index is 11.8. The van der Waals surface area contributed by atoms with Crippen LogP contribution < -0.4 is 10.2 Å². The van der Waals surface area contributed by atoms with Gasteiger partial charge in [-0.2, -0.15) is 5.10 Å². The first-order valence-corrected chi connectivity index (χ1v) is 6.44. The fraction of sp³-hybridized carbons (Fsp3) is 0.0667. The topological polar surface area (TPSA) is 70.9 Å². The summed E-state index contributed by atoms with van der Waals surface area (Å²) in [4.78, 5) is 11.8. The van der Waals surface area contributed by atoms with Crippen LogP contribution in [0.2, 0.25) is 5.02 Å². The van der Waals surface area contributed by atoms with Crippen molar-refractivity contribution in [3.63, 3.8) is 0 Å². The van der Waals surface area contributed by atoms with E-state index in [9.17, 15) is 9.90 Å². The predicted molar refractivity (Wildman–Crippen MR) is 81.2 cm³/mol. The SMILES string of the molecule is COc1ccc(/C=N/NC(=O)c2ccc(Cl)cc2)c(O)c1. The Morgan fingerprint density at radius 1 is 1.29 bits per heavy atom. The molecular weight excluding hydrogens is 292 g/mol. The lowest BCUT2D eigenvalue weighted by Gasteiger charge is -2.03. The smallest absolute Gasteiger partial charge is 0.271 e. The van der Waals surface area contributed by atoms with Gasteiger partial charge in [0.25, 0.3) is 5.91 Å². The van der Waals surface area contributed by atoms with Gasteiger partial charge in [-0.1, -0.05) is 11.6 Å². The van der Waals surface area contributed by atoms with Crippen LogP contribution in [0.1, 0.15) is 15.9 Å². The summed E-state index contributed by atoms with van der Waals surface area (Å²) in [7, 11) is 1.51. The number of ether oxygens (including phenoxy) is 1. The Morgan fingerprint density at radius 3 is 2.62 bits per heavy atom. The van der Waals surface area contributed by atoms with Crippen LogP contribution in [-0.2, 0) is 0 Å². The molecule has 0 aliphatic heterocycles. The Balaban J connectivity index is 2.02. The number of hydrogen-bond acceptors (Lipinski definition) is 4. The number of aromatic hydroxyl groups is 1. The average Bonchev–Trinajstić information content (AvgIpc) is 2.49. The molecule has 0 aliphatic rings. The summed E-state index contributed by atoms with van der Waals surface area (Å²) in [6.07, 6.45) is 1.35. The molecule has 0 saturated carbocycles. The molecule has 2 rings (SSSR count). The Bertz CT molecular complexity index is 669. The van der Waals surface area contributed by atoms with Crippen molar-refractivity contribution in [1.29, 1.82) is 0 Å². The van der Waals surface area contributed by atoms with Crippen molar-refractivity contribution < 1.29 is 14.6 Å². The number of phenolic OH excluding ortho intramolecular Hbond substituents is 1. The van der Waals surface area contributed by atoms with E-state index in [1.807, 2.05) is 0 Å².